The maximum Gasteiger partial charge on any atom is 0.327 e. The molecule has 6 nitrogen and oxygen atoms in total. The van der Waals surface area contributed by atoms with Crippen molar-refractivity contribution in [2.24, 2.45) is 0 Å². The van der Waals surface area contributed by atoms with Crippen molar-refractivity contribution in [2.75, 3.05) is 23.4 Å². The first-order chi connectivity index (χ1) is 10.8. The molecule has 2 heterocycles. The van der Waals surface area contributed by atoms with Crippen LogP contribution < -0.4 is 15.0 Å². The Morgan fingerprint density at radius 3 is 2.86 bits per heavy atom. The second kappa shape index (κ2) is 5.07. The molecule has 0 bridgehead atoms. The number of benzene rings is 2. The van der Waals surface area contributed by atoms with Crippen molar-refractivity contribution in [1.82, 2.24) is 5.16 Å². The van der Waals surface area contributed by atoms with E-state index in [0.717, 1.165) is 11.1 Å². The molecule has 3 aromatic rings. The van der Waals surface area contributed by atoms with Crippen LogP contribution in [0.1, 0.15) is 0 Å². The number of aromatic nitrogens is 1. The van der Waals surface area contributed by atoms with Crippen molar-refractivity contribution in [2.45, 2.75) is 0 Å². The molecule has 2 amide bonds. The largest absolute Gasteiger partial charge is 0.491 e. The number of hydrogen-bond donors (Lipinski definition) is 1. The second-order valence-corrected chi connectivity index (χ2v) is 4.93. The summed E-state index contributed by atoms with van der Waals surface area (Å²) >= 11 is 0. The van der Waals surface area contributed by atoms with Gasteiger partial charge in [-0.05, 0) is 24.3 Å². The molecule has 1 N–H and O–H groups in total. The van der Waals surface area contributed by atoms with Crippen LogP contribution in [-0.2, 0) is 0 Å². The molecule has 2 aromatic carbocycles. The van der Waals surface area contributed by atoms with Gasteiger partial charge in [-0.15, -0.1) is 0 Å². The minimum Gasteiger partial charge on any atom is -0.491 e. The standard InChI is InChI=1S/C16H13N3O3/c20-16(17-11-5-2-1-3-6-11)19-9-10-21-12-7-4-8-13-14(12)15(19)18-22-13/h1-8H,9-10H2,(H,17,20). The first-order valence-corrected chi connectivity index (χ1v) is 6.98. The maximum atomic E-state index is 12.5. The summed E-state index contributed by atoms with van der Waals surface area (Å²) in [6.07, 6.45) is 0. The van der Waals surface area contributed by atoms with E-state index in [9.17, 15) is 4.79 Å². The Bertz CT molecular complexity index is 829. The van der Waals surface area contributed by atoms with Crippen LogP contribution in [0.25, 0.3) is 11.0 Å². The van der Waals surface area contributed by atoms with E-state index in [0.29, 0.717) is 30.3 Å². The van der Waals surface area contributed by atoms with Crippen LogP contribution in [0.2, 0.25) is 0 Å². The number of para-hydroxylation sites is 1. The average Bonchev–Trinajstić information content (AvgIpc) is 2.87. The molecule has 0 aliphatic carbocycles. The first-order valence-electron chi connectivity index (χ1n) is 6.98. The van der Waals surface area contributed by atoms with Crippen LogP contribution in [-0.4, -0.2) is 24.3 Å². The number of nitrogens with zero attached hydrogens (tertiary/aromatic N) is 2. The minimum absolute atomic E-state index is 0.262. The fourth-order valence-corrected chi connectivity index (χ4v) is 2.51. The van der Waals surface area contributed by atoms with Gasteiger partial charge in [-0.1, -0.05) is 29.4 Å². The lowest BCUT2D eigenvalue weighted by Crippen LogP contribution is -2.37. The Morgan fingerprint density at radius 2 is 2.00 bits per heavy atom. The van der Waals surface area contributed by atoms with Crippen LogP contribution in [0, 0.1) is 0 Å². The maximum absolute atomic E-state index is 12.5. The van der Waals surface area contributed by atoms with Gasteiger partial charge in [0.15, 0.2) is 11.4 Å². The summed E-state index contributed by atoms with van der Waals surface area (Å²) in [4.78, 5) is 14.1. The molecule has 0 fully saturated rings. The molecular weight excluding hydrogens is 282 g/mol. The predicted molar refractivity (Wildman–Crippen MR) is 82.3 cm³/mol. The highest BCUT2D eigenvalue weighted by molar-refractivity contribution is 6.07. The van der Waals surface area contributed by atoms with E-state index >= 15 is 0 Å². The summed E-state index contributed by atoms with van der Waals surface area (Å²) < 4.78 is 11.0. The Morgan fingerprint density at radius 1 is 1.14 bits per heavy atom. The number of amides is 2. The normalized spacial score (nSPS) is 13.5. The zero-order valence-corrected chi connectivity index (χ0v) is 11.7. The average molecular weight is 295 g/mol. The molecule has 1 aliphatic rings. The quantitative estimate of drug-likeness (QED) is 0.748. The third kappa shape index (κ3) is 2.05. The van der Waals surface area contributed by atoms with E-state index in [1.165, 1.54) is 4.90 Å². The summed E-state index contributed by atoms with van der Waals surface area (Å²) in [5.41, 5.74) is 1.33. The number of hydrogen-bond acceptors (Lipinski definition) is 4. The molecule has 22 heavy (non-hydrogen) atoms. The lowest BCUT2D eigenvalue weighted by atomic mass is 10.2. The molecule has 1 aliphatic heterocycles. The van der Waals surface area contributed by atoms with Crippen molar-refractivity contribution in [3.8, 4) is 5.75 Å². The zero-order chi connectivity index (χ0) is 14.9. The lowest BCUT2D eigenvalue weighted by molar-refractivity contribution is 0.254. The van der Waals surface area contributed by atoms with Crippen LogP contribution in [0.3, 0.4) is 0 Å². The number of urea groups is 1. The molecule has 0 saturated carbocycles. The van der Waals surface area contributed by atoms with Crippen LogP contribution in [0.5, 0.6) is 5.75 Å². The third-order valence-electron chi connectivity index (χ3n) is 3.54. The Labute approximate surface area is 126 Å². The van der Waals surface area contributed by atoms with Crippen LogP contribution >= 0.6 is 0 Å². The molecule has 0 spiro atoms. The zero-order valence-electron chi connectivity index (χ0n) is 11.7. The van der Waals surface area contributed by atoms with Gasteiger partial charge in [0.25, 0.3) is 0 Å². The molecular formula is C16H13N3O3. The second-order valence-electron chi connectivity index (χ2n) is 4.93. The molecule has 0 atom stereocenters. The van der Waals surface area contributed by atoms with E-state index in [1.54, 1.807) is 6.07 Å². The van der Waals surface area contributed by atoms with Crippen LogP contribution in [0.15, 0.2) is 53.1 Å². The van der Waals surface area contributed by atoms with E-state index in [4.69, 9.17) is 9.26 Å². The molecule has 0 unspecified atom stereocenters. The van der Waals surface area contributed by atoms with Crippen molar-refractivity contribution < 1.29 is 14.1 Å². The minimum atomic E-state index is -0.262. The first kappa shape index (κ1) is 12.7. The number of carbonyl (C=O) groups is 1. The Kier molecular flexibility index (Phi) is 2.93. The van der Waals surface area contributed by atoms with Gasteiger partial charge in [0.1, 0.15) is 17.7 Å². The van der Waals surface area contributed by atoms with Gasteiger partial charge in [0.05, 0.1) is 6.54 Å². The molecule has 6 heteroatoms. The number of ether oxygens (including phenoxy) is 1. The third-order valence-corrected chi connectivity index (χ3v) is 3.54. The van der Waals surface area contributed by atoms with Gasteiger partial charge < -0.3 is 14.6 Å². The van der Waals surface area contributed by atoms with Crippen molar-refractivity contribution in [1.29, 1.82) is 0 Å². The van der Waals surface area contributed by atoms with Crippen molar-refractivity contribution in [3.63, 3.8) is 0 Å². The van der Waals surface area contributed by atoms with Gasteiger partial charge >= 0.3 is 6.03 Å². The summed E-state index contributed by atoms with van der Waals surface area (Å²) in [5, 5.41) is 7.62. The van der Waals surface area contributed by atoms with Gasteiger partial charge in [-0.2, -0.15) is 0 Å². The summed E-state index contributed by atoms with van der Waals surface area (Å²) in [6, 6.07) is 14.5. The molecule has 1 aromatic heterocycles. The summed E-state index contributed by atoms with van der Waals surface area (Å²) in [6.45, 7) is 0.798. The van der Waals surface area contributed by atoms with Crippen molar-refractivity contribution >= 4 is 28.5 Å². The van der Waals surface area contributed by atoms with Gasteiger partial charge in [0.2, 0.25) is 0 Å². The predicted octanol–water partition coefficient (Wildman–Crippen LogP) is 3.26. The summed E-state index contributed by atoms with van der Waals surface area (Å²) in [7, 11) is 0. The lowest BCUT2D eigenvalue weighted by Gasteiger charge is -2.18. The fourth-order valence-electron chi connectivity index (χ4n) is 2.51. The van der Waals surface area contributed by atoms with Gasteiger partial charge in [-0.25, -0.2) is 4.79 Å². The number of anilines is 2. The highest BCUT2D eigenvalue weighted by Gasteiger charge is 2.27. The number of carbonyl (C=O) groups excluding carboxylic acids is 1. The van der Waals surface area contributed by atoms with Gasteiger partial charge in [0, 0.05) is 5.69 Å². The SMILES string of the molecule is O=C(Nc1ccccc1)N1CCOc2cccc3onc1c23. The van der Waals surface area contributed by atoms with Crippen LogP contribution in [0.4, 0.5) is 16.3 Å². The van der Waals surface area contributed by atoms with Crippen molar-refractivity contribution in [3.05, 3.63) is 48.5 Å². The number of nitrogens with one attached hydrogen (secondary N) is 1. The van der Waals surface area contributed by atoms with Gasteiger partial charge in [-0.3, -0.25) is 4.90 Å². The Hall–Kier alpha value is -3.02. The topological polar surface area (TPSA) is 67.6 Å². The highest BCUT2D eigenvalue weighted by Crippen LogP contribution is 2.36. The van der Waals surface area contributed by atoms with E-state index in [2.05, 4.69) is 10.5 Å². The highest BCUT2D eigenvalue weighted by atomic mass is 16.5. The number of rotatable bonds is 1. The smallest absolute Gasteiger partial charge is 0.327 e. The fraction of sp³-hybridized carbons (Fsp3) is 0.125. The molecule has 4 rings (SSSR count). The molecule has 110 valence electrons. The molecule has 0 saturated heterocycles. The van der Waals surface area contributed by atoms with E-state index in [1.807, 2.05) is 42.5 Å². The molecule has 0 radical (unpaired) electrons. The van der Waals surface area contributed by atoms with E-state index in [-0.39, 0.29) is 6.03 Å². The van der Waals surface area contributed by atoms with E-state index < -0.39 is 0 Å². The monoisotopic (exact) mass is 295 g/mol. The Balaban J connectivity index is 1.71. The summed E-state index contributed by atoms with van der Waals surface area (Å²) in [5.74, 6) is 1.17.